The third-order valence-corrected chi connectivity index (χ3v) is 4.72. The van der Waals surface area contributed by atoms with Gasteiger partial charge in [0.15, 0.2) is 0 Å². The minimum absolute atomic E-state index is 0.0278. The van der Waals surface area contributed by atoms with Crippen LogP contribution < -0.4 is 5.32 Å². The van der Waals surface area contributed by atoms with Crippen molar-refractivity contribution in [3.63, 3.8) is 0 Å². The average molecular weight is 395 g/mol. The van der Waals surface area contributed by atoms with Crippen LogP contribution in [0.4, 0.5) is 0 Å². The van der Waals surface area contributed by atoms with Crippen molar-refractivity contribution in [1.82, 2.24) is 5.32 Å². The maximum absolute atomic E-state index is 11.8. The molecule has 2 rings (SSSR count). The molecule has 0 aliphatic rings. The molecule has 1 N–H and O–H groups in total. The molecule has 0 heterocycles. The van der Waals surface area contributed by atoms with Gasteiger partial charge in [0.05, 0.1) is 0 Å². The smallest absolute Gasteiger partial charge is 0.235 e. The van der Waals surface area contributed by atoms with Crippen LogP contribution in [0.25, 0.3) is 0 Å². The highest BCUT2D eigenvalue weighted by atomic mass is 79.9. The molecule has 0 aliphatic heterocycles. The molecule has 4 heteroatoms. The highest BCUT2D eigenvalue weighted by Crippen LogP contribution is 2.33. The number of benzene rings is 2. The summed E-state index contributed by atoms with van der Waals surface area (Å²) < 4.78 is 1.03. The van der Waals surface area contributed by atoms with Gasteiger partial charge >= 0.3 is 0 Å². The zero-order valence-corrected chi connectivity index (χ0v) is 15.7. The number of carbonyl (C=O) groups is 1. The lowest BCUT2D eigenvalue weighted by atomic mass is 9.78. The molecule has 0 aliphatic carbocycles. The lowest BCUT2D eigenvalue weighted by Gasteiger charge is -2.36. The van der Waals surface area contributed by atoms with Crippen LogP contribution in [0.15, 0.2) is 59.1 Å². The minimum Gasteiger partial charge on any atom is -0.350 e. The van der Waals surface area contributed by atoms with Crippen LogP contribution in [0.3, 0.4) is 0 Å². The molecule has 0 radical (unpaired) electrons. The summed E-state index contributed by atoms with van der Waals surface area (Å²) in [5, 5.41) is 3.06. The molecule has 0 saturated carbocycles. The van der Waals surface area contributed by atoms with E-state index in [1.807, 2.05) is 44.2 Å². The van der Waals surface area contributed by atoms with Crippen LogP contribution in [-0.2, 0) is 11.2 Å². The lowest BCUT2D eigenvalue weighted by Crippen LogP contribution is -2.49. The first-order chi connectivity index (χ1) is 10.9. The Labute approximate surface area is 151 Å². The fourth-order valence-electron chi connectivity index (χ4n) is 2.84. The second kappa shape index (κ2) is 7.98. The van der Waals surface area contributed by atoms with Gasteiger partial charge in [0.25, 0.3) is 0 Å². The molecule has 0 fully saturated rings. The molecule has 0 aromatic heterocycles. The van der Waals surface area contributed by atoms with Gasteiger partial charge in [-0.1, -0.05) is 58.4 Å². The fraction of sp³-hybridized carbons (Fsp3) is 0.316. The van der Waals surface area contributed by atoms with Gasteiger partial charge in [-0.3, -0.25) is 4.79 Å². The van der Waals surface area contributed by atoms with Gasteiger partial charge in [-0.2, -0.15) is 0 Å². The second-order valence-corrected chi connectivity index (χ2v) is 7.38. The van der Waals surface area contributed by atoms with Gasteiger partial charge in [0.1, 0.15) is 5.88 Å². The summed E-state index contributed by atoms with van der Waals surface area (Å²) in [6.45, 7) is 4.10. The summed E-state index contributed by atoms with van der Waals surface area (Å²) in [4.78, 5) is 11.8. The van der Waals surface area contributed by atoms with Gasteiger partial charge in [0.2, 0.25) is 5.91 Å². The monoisotopic (exact) mass is 393 g/mol. The topological polar surface area (TPSA) is 29.1 Å². The predicted octanol–water partition coefficient (Wildman–Crippen LogP) is 4.91. The number of amides is 1. The summed E-state index contributed by atoms with van der Waals surface area (Å²) >= 11 is 9.21. The van der Waals surface area contributed by atoms with Crippen molar-refractivity contribution in [3.8, 4) is 0 Å². The molecule has 2 aromatic rings. The molecule has 0 unspecified atom stereocenters. The van der Waals surface area contributed by atoms with Crippen molar-refractivity contribution >= 4 is 33.4 Å². The number of carbonyl (C=O) groups excluding carboxylic acids is 1. The minimum atomic E-state index is -0.414. The first-order valence-corrected chi connectivity index (χ1v) is 8.91. The summed E-state index contributed by atoms with van der Waals surface area (Å²) in [5.74, 6) is -0.0424. The van der Waals surface area contributed by atoms with E-state index in [2.05, 4.69) is 45.5 Å². The first-order valence-electron chi connectivity index (χ1n) is 7.59. The van der Waals surface area contributed by atoms with E-state index in [4.69, 9.17) is 11.6 Å². The zero-order chi connectivity index (χ0) is 16.9. The standard InChI is InChI=1S/C19H21BrClNO/c1-19(2,22-18(23)13-21)17(11-14-7-4-3-5-8-14)15-9-6-10-16(20)12-15/h3-10,12,17H,11,13H2,1-2H3,(H,22,23)/t17-/m1/s1. The molecule has 1 atom stereocenters. The molecule has 1 amide bonds. The Hall–Kier alpha value is -1.32. The van der Waals surface area contributed by atoms with Crippen LogP contribution in [-0.4, -0.2) is 17.3 Å². The molecule has 0 saturated heterocycles. The number of alkyl halides is 1. The van der Waals surface area contributed by atoms with E-state index in [-0.39, 0.29) is 17.7 Å². The van der Waals surface area contributed by atoms with E-state index in [1.165, 1.54) is 11.1 Å². The molecule has 0 bridgehead atoms. The maximum Gasteiger partial charge on any atom is 0.235 e. The van der Waals surface area contributed by atoms with E-state index in [0.29, 0.717) is 0 Å². The van der Waals surface area contributed by atoms with Crippen molar-refractivity contribution in [2.45, 2.75) is 31.7 Å². The summed E-state index contributed by atoms with van der Waals surface area (Å²) in [6.07, 6.45) is 0.840. The van der Waals surface area contributed by atoms with Crippen molar-refractivity contribution in [2.75, 3.05) is 5.88 Å². The van der Waals surface area contributed by atoms with E-state index < -0.39 is 5.54 Å². The van der Waals surface area contributed by atoms with Gasteiger partial charge < -0.3 is 5.32 Å². The SMILES string of the molecule is CC(C)(NC(=O)CCl)[C@H](Cc1ccccc1)c1cccc(Br)c1. The number of hydrogen-bond donors (Lipinski definition) is 1. The Balaban J connectivity index is 2.36. The quantitative estimate of drug-likeness (QED) is 0.693. The second-order valence-electron chi connectivity index (χ2n) is 6.20. The average Bonchev–Trinajstić information content (AvgIpc) is 2.53. The predicted molar refractivity (Wildman–Crippen MR) is 100.0 cm³/mol. The summed E-state index contributed by atoms with van der Waals surface area (Å²) in [5.41, 5.74) is 2.01. The van der Waals surface area contributed by atoms with Gasteiger partial charge in [-0.25, -0.2) is 0 Å². The van der Waals surface area contributed by atoms with Crippen LogP contribution in [0.5, 0.6) is 0 Å². The van der Waals surface area contributed by atoms with Gasteiger partial charge in [0, 0.05) is 15.9 Å². The van der Waals surface area contributed by atoms with E-state index in [0.717, 1.165) is 10.9 Å². The Morgan fingerprint density at radius 2 is 1.87 bits per heavy atom. The number of halogens is 2. The van der Waals surface area contributed by atoms with Gasteiger partial charge in [-0.15, -0.1) is 11.6 Å². The Morgan fingerprint density at radius 1 is 1.17 bits per heavy atom. The third kappa shape index (κ3) is 5.08. The first kappa shape index (κ1) is 18.0. The molecule has 23 heavy (non-hydrogen) atoms. The highest BCUT2D eigenvalue weighted by Gasteiger charge is 2.32. The Morgan fingerprint density at radius 3 is 2.48 bits per heavy atom. The van der Waals surface area contributed by atoms with Gasteiger partial charge in [-0.05, 0) is 43.5 Å². The van der Waals surface area contributed by atoms with Crippen LogP contribution in [0, 0.1) is 0 Å². The molecule has 2 nitrogen and oxygen atoms in total. The van der Waals surface area contributed by atoms with Crippen molar-refractivity contribution in [2.24, 2.45) is 0 Å². The number of nitrogens with one attached hydrogen (secondary N) is 1. The lowest BCUT2D eigenvalue weighted by molar-refractivity contribution is -0.120. The summed E-state index contributed by atoms with van der Waals surface area (Å²) in [6, 6.07) is 18.6. The molecule has 2 aromatic carbocycles. The van der Waals surface area contributed by atoms with E-state index >= 15 is 0 Å². The van der Waals surface area contributed by atoms with Crippen LogP contribution in [0.2, 0.25) is 0 Å². The fourth-order valence-corrected chi connectivity index (χ4v) is 3.33. The molecule has 0 spiro atoms. The van der Waals surface area contributed by atoms with Crippen molar-refractivity contribution < 1.29 is 4.79 Å². The normalized spacial score (nSPS) is 12.7. The van der Waals surface area contributed by atoms with Crippen molar-refractivity contribution in [1.29, 1.82) is 0 Å². The third-order valence-electron chi connectivity index (χ3n) is 3.99. The number of hydrogen-bond acceptors (Lipinski definition) is 1. The molecule has 122 valence electrons. The summed E-state index contributed by atoms with van der Waals surface area (Å²) in [7, 11) is 0. The zero-order valence-electron chi connectivity index (χ0n) is 13.4. The number of rotatable bonds is 6. The molecular formula is C19H21BrClNO. The molecular weight excluding hydrogens is 374 g/mol. The van der Waals surface area contributed by atoms with Crippen molar-refractivity contribution in [3.05, 3.63) is 70.2 Å². The van der Waals surface area contributed by atoms with Crippen LogP contribution >= 0.6 is 27.5 Å². The van der Waals surface area contributed by atoms with Crippen LogP contribution in [0.1, 0.15) is 30.9 Å². The van der Waals surface area contributed by atoms with E-state index in [1.54, 1.807) is 0 Å². The highest BCUT2D eigenvalue weighted by molar-refractivity contribution is 9.10. The Kier molecular flexibility index (Phi) is 6.25. The maximum atomic E-state index is 11.8. The Bertz CT molecular complexity index is 657. The largest absolute Gasteiger partial charge is 0.350 e. The van der Waals surface area contributed by atoms with E-state index in [9.17, 15) is 4.79 Å².